The van der Waals surface area contributed by atoms with Gasteiger partial charge in [0.05, 0.1) is 22.2 Å². The van der Waals surface area contributed by atoms with E-state index in [4.69, 9.17) is 0 Å². The highest BCUT2D eigenvalue weighted by Gasteiger charge is 2.28. The van der Waals surface area contributed by atoms with Crippen LogP contribution in [0.1, 0.15) is 31.0 Å². The summed E-state index contributed by atoms with van der Waals surface area (Å²) in [7, 11) is -2.87. The molecule has 1 aliphatic heterocycles. The number of aryl methyl sites for hydroxylation is 1. The molecule has 0 aromatic carbocycles. The average Bonchev–Trinajstić information content (AvgIpc) is 3.05. The summed E-state index contributed by atoms with van der Waals surface area (Å²) in [6.07, 6.45) is 2.42. The van der Waals surface area contributed by atoms with E-state index in [0.717, 1.165) is 30.1 Å². The number of sulfone groups is 1. The Morgan fingerprint density at radius 2 is 2.26 bits per heavy atom. The molecule has 23 heavy (non-hydrogen) atoms. The molecule has 1 aromatic rings. The molecule has 0 radical (unpaired) electrons. The number of aliphatic imine (C=N–C) groups is 1. The molecule has 0 bridgehead atoms. The third-order valence-corrected chi connectivity index (χ3v) is 6.27. The van der Waals surface area contributed by atoms with E-state index in [1.165, 1.54) is 0 Å². The van der Waals surface area contributed by atoms with Gasteiger partial charge < -0.3 is 10.6 Å². The van der Waals surface area contributed by atoms with Crippen LogP contribution in [0, 0.1) is 0 Å². The molecule has 1 atom stereocenters. The van der Waals surface area contributed by atoms with Gasteiger partial charge in [0.2, 0.25) is 0 Å². The fourth-order valence-corrected chi connectivity index (χ4v) is 4.78. The molecule has 6 nitrogen and oxygen atoms in total. The van der Waals surface area contributed by atoms with Gasteiger partial charge in [0.15, 0.2) is 15.8 Å². The molecule has 1 saturated heterocycles. The van der Waals surface area contributed by atoms with Crippen molar-refractivity contribution in [3.8, 4) is 0 Å². The van der Waals surface area contributed by atoms with Gasteiger partial charge in [-0.25, -0.2) is 13.4 Å². The minimum absolute atomic E-state index is 0. The van der Waals surface area contributed by atoms with Crippen LogP contribution in [0.25, 0.3) is 0 Å². The first-order valence-electron chi connectivity index (χ1n) is 7.71. The number of aromatic nitrogens is 1. The van der Waals surface area contributed by atoms with Crippen molar-refractivity contribution in [2.24, 2.45) is 4.99 Å². The zero-order chi connectivity index (χ0) is 16.0. The molecule has 0 aliphatic carbocycles. The number of thiazole rings is 1. The van der Waals surface area contributed by atoms with Gasteiger partial charge in [0.1, 0.15) is 0 Å². The second kappa shape index (κ2) is 9.77. The zero-order valence-corrected chi connectivity index (χ0v) is 17.5. The van der Waals surface area contributed by atoms with Gasteiger partial charge in [0, 0.05) is 30.9 Å². The second-order valence-electron chi connectivity index (χ2n) is 5.34. The van der Waals surface area contributed by atoms with Crippen LogP contribution in [0.5, 0.6) is 0 Å². The van der Waals surface area contributed by atoms with Gasteiger partial charge in [0.25, 0.3) is 0 Å². The first-order chi connectivity index (χ1) is 10.5. The van der Waals surface area contributed by atoms with Gasteiger partial charge in [-0.2, -0.15) is 0 Å². The molecule has 2 N–H and O–H groups in total. The van der Waals surface area contributed by atoms with Crippen molar-refractivity contribution in [1.29, 1.82) is 0 Å². The van der Waals surface area contributed by atoms with Gasteiger partial charge in [-0.05, 0) is 19.8 Å². The average molecular weight is 472 g/mol. The Morgan fingerprint density at radius 3 is 2.83 bits per heavy atom. The smallest absolute Gasteiger partial charge is 0.191 e. The predicted molar refractivity (Wildman–Crippen MR) is 107 cm³/mol. The number of halogens is 1. The molecule has 0 amide bonds. The lowest BCUT2D eigenvalue weighted by Gasteiger charge is -2.15. The van der Waals surface area contributed by atoms with E-state index in [-0.39, 0.29) is 41.5 Å². The fourth-order valence-electron chi connectivity index (χ4n) is 2.33. The standard InChI is InChI=1S/C14H24N4O2S2.HI/c1-3-13-17-11(9-21-13)5-7-16-14(15-4-2)18-12-6-8-22(19,20)10-12;/h9,12H,3-8,10H2,1-2H3,(H2,15,16,18);1H. The topological polar surface area (TPSA) is 83.4 Å². The summed E-state index contributed by atoms with van der Waals surface area (Å²) in [5.74, 6) is 1.15. The van der Waals surface area contributed by atoms with Crippen molar-refractivity contribution in [2.75, 3.05) is 24.6 Å². The molecule has 0 saturated carbocycles. The summed E-state index contributed by atoms with van der Waals surface area (Å²) in [4.78, 5) is 9.04. The van der Waals surface area contributed by atoms with E-state index in [2.05, 4.69) is 32.9 Å². The quantitative estimate of drug-likeness (QED) is 0.374. The van der Waals surface area contributed by atoms with E-state index in [0.29, 0.717) is 18.9 Å². The molecule has 1 aliphatic rings. The monoisotopic (exact) mass is 472 g/mol. The van der Waals surface area contributed by atoms with E-state index >= 15 is 0 Å². The molecule has 1 aromatic heterocycles. The maximum absolute atomic E-state index is 11.5. The minimum atomic E-state index is -2.87. The number of nitrogens with one attached hydrogen (secondary N) is 2. The van der Waals surface area contributed by atoms with Crippen molar-refractivity contribution < 1.29 is 8.42 Å². The molecule has 1 fully saturated rings. The SMILES string of the molecule is CCNC(=NCCc1csc(CC)n1)NC1CCS(=O)(=O)C1.I. The number of hydrogen-bond donors (Lipinski definition) is 2. The van der Waals surface area contributed by atoms with Crippen LogP contribution >= 0.6 is 35.3 Å². The maximum atomic E-state index is 11.5. The summed E-state index contributed by atoms with van der Waals surface area (Å²) in [6, 6.07) is -0.0335. The number of guanidine groups is 1. The first kappa shape index (κ1) is 20.6. The van der Waals surface area contributed by atoms with Crippen LogP contribution in [0.2, 0.25) is 0 Å². The molecule has 2 heterocycles. The van der Waals surface area contributed by atoms with E-state index in [9.17, 15) is 8.42 Å². The summed E-state index contributed by atoms with van der Waals surface area (Å²) in [5, 5.41) is 9.62. The van der Waals surface area contributed by atoms with Crippen LogP contribution < -0.4 is 10.6 Å². The third kappa shape index (κ3) is 6.92. The van der Waals surface area contributed by atoms with Crippen LogP contribution in [-0.2, 0) is 22.7 Å². The van der Waals surface area contributed by atoms with Crippen LogP contribution in [0.3, 0.4) is 0 Å². The number of hydrogen-bond acceptors (Lipinski definition) is 5. The summed E-state index contributed by atoms with van der Waals surface area (Å²) in [6.45, 7) is 5.49. The molecule has 2 rings (SSSR count). The fraction of sp³-hybridized carbons (Fsp3) is 0.714. The Kier molecular flexibility index (Phi) is 8.76. The maximum Gasteiger partial charge on any atom is 0.191 e. The van der Waals surface area contributed by atoms with Crippen molar-refractivity contribution in [3.63, 3.8) is 0 Å². The Labute approximate surface area is 159 Å². The zero-order valence-electron chi connectivity index (χ0n) is 13.5. The van der Waals surface area contributed by atoms with Gasteiger partial charge in [-0.1, -0.05) is 6.92 Å². The predicted octanol–water partition coefficient (Wildman–Crippen LogP) is 1.61. The van der Waals surface area contributed by atoms with Gasteiger partial charge in [-0.3, -0.25) is 4.99 Å². The van der Waals surface area contributed by atoms with Crippen LogP contribution in [0.15, 0.2) is 10.4 Å². The lowest BCUT2D eigenvalue weighted by molar-refractivity contribution is 0.599. The highest BCUT2D eigenvalue weighted by molar-refractivity contribution is 14.0. The first-order valence-corrected chi connectivity index (χ1v) is 10.4. The van der Waals surface area contributed by atoms with Crippen molar-refractivity contribution in [1.82, 2.24) is 15.6 Å². The minimum Gasteiger partial charge on any atom is -0.357 e. The largest absolute Gasteiger partial charge is 0.357 e. The highest BCUT2D eigenvalue weighted by Crippen LogP contribution is 2.12. The summed E-state index contributed by atoms with van der Waals surface area (Å²) >= 11 is 1.69. The van der Waals surface area contributed by atoms with E-state index in [1.807, 2.05) is 6.92 Å². The molecular weight excluding hydrogens is 447 g/mol. The van der Waals surface area contributed by atoms with Crippen LogP contribution in [0.4, 0.5) is 0 Å². The third-order valence-electron chi connectivity index (χ3n) is 3.46. The Bertz CT molecular complexity index is 616. The van der Waals surface area contributed by atoms with Crippen molar-refractivity contribution >= 4 is 51.1 Å². The molecular formula is C14H25IN4O2S2. The highest BCUT2D eigenvalue weighted by atomic mass is 127. The Morgan fingerprint density at radius 1 is 1.48 bits per heavy atom. The van der Waals surface area contributed by atoms with E-state index in [1.54, 1.807) is 11.3 Å². The van der Waals surface area contributed by atoms with Crippen molar-refractivity contribution in [2.45, 2.75) is 39.2 Å². The number of nitrogens with zero attached hydrogens (tertiary/aromatic N) is 2. The van der Waals surface area contributed by atoms with Crippen LogP contribution in [-0.4, -0.2) is 50.0 Å². The number of rotatable bonds is 6. The lowest BCUT2D eigenvalue weighted by atomic mass is 10.3. The normalized spacial score (nSPS) is 20.1. The summed E-state index contributed by atoms with van der Waals surface area (Å²) < 4.78 is 23.0. The van der Waals surface area contributed by atoms with Gasteiger partial charge in [-0.15, -0.1) is 35.3 Å². The molecule has 9 heteroatoms. The van der Waals surface area contributed by atoms with Crippen molar-refractivity contribution in [3.05, 3.63) is 16.1 Å². The Balaban J connectivity index is 0.00000264. The van der Waals surface area contributed by atoms with Gasteiger partial charge >= 0.3 is 0 Å². The lowest BCUT2D eigenvalue weighted by Crippen LogP contribution is -2.44. The summed E-state index contributed by atoms with van der Waals surface area (Å²) in [5.41, 5.74) is 1.07. The molecule has 0 spiro atoms. The molecule has 132 valence electrons. The molecule has 1 unspecified atom stereocenters. The second-order valence-corrected chi connectivity index (χ2v) is 8.51. The Hall–Kier alpha value is -0.420. The van der Waals surface area contributed by atoms with E-state index < -0.39 is 9.84 Å².